The van der Waals surface area contributed by atoms with E-state index in [1.54, 1.807) is 7.11 Å². The van der Waals surface area contributed by atoms with Crippen LogP contribution in [0, 0.1) is 0 Å². The standard InChI is InChI=1S/C13H19N3O/c1-17-9-10-4-5-15-13-12(10)3-2-11-8-14-6-7-16(11)13/h4-5,11,14H,2-3,6-9H2,1H3. The van der Waals surface area contributed by atoms with Crippen molar-refractivity contribution < 1.29 is 4.74 Å². The Morgan fingerprint density at radius 2 is 2.53 bits per heavy atom. The van der Waals surface area contributed by atoms with Crippen molar-refractivity contribution in [2.24, 2.45) is 0 Å². The van der Waals surface area contributed by atoms with E-state index in [9.17, 15) is 0 Å². The minimum absolute atomic E-state index is 0.626. The summed E-state index contributed by atoms with van der Waals surface area (Å²) in [7, 11) is 1.75. The lowest BCUT2D eigenvalue weighted by Gasteiger charge is -2.41. The van der Waals surface area contributed by atoms with Crippen molar-refractivity contribution in [1.29, 1.82) is 0 Å². The first-order chi connectivity index (χ1) is 8.40. The second kappa shape index (κ2) is 4.63. The molecule has 1 aromatic rings. The minimum atomic E-state index is 0.626. The highest BCUT2D eigenvalue weighted by atomic mass is 16.5. The maximum Gasteiger partial charge on any atom is 0.132 e. The zero-order valence-corrected chi connectivity index (χ0v) is 10.3. The molecule has 1 atom stereocenters. The SMILES string of the molecule is COCc1ccnc2c1CCC1CNCCN21. The van der Waals surface area contributed by atoms with Gasteiger partial charge in [0.1, 0.15) is 5.82 Å². The number of piperazine rings is 1. The Hall–Kier alpha value is -1.13. The number of nitrogens with zero attached hydrogens (tertiary/aromatic N) is 2. The van der Waals surface area contributed by atoms with Gasteiger partial charge in [-0.05, 0) is 24.5 Å². The molecule has 2 aliphatic heterocycles. The Bertz CT molecular complexity index is 408. The average Bonchev–Trinajstić information content (AvgIpc) is 2.39. The number of aromatic nitrogens is 1. The van der Waals surface area contributed by atoms with Crippen molar-refractivity contribution in [2.75, 3.05) is 31.6 Å². The van der Waals surface area contributed by atoms with Crippen LogP contribution in [0.3, 0.4) is 0 Å². The summed E-state index contributed by atoms with van der Waals surface area (Å²) in [5.74, 6) is 1.19. The van der Waals surface area contributed by atoms with Crippen molar-refractivity contribution in [1.82, 2.24) is 10.3 Å². The maximum absolute atomic E-state index is 5.27. The average molecular weight is 233 g/mol. The highest BCUT2D eigenvalue weighted by Gasteiger charge is 2.30. The van der Waals surface area contributed by atoms with Crippen molar-refractivity contribution in [3.05, 3.63) is 23.4 Å². The topological polar surface area (TPSA) is 37.4 Å². The number of pyridine rings is 1. The molecule has 1 fully saturated rings. The fourth-order valence-corrected chi connectivity index (χ4v) is 2.94. The fourth-order valence-electron chi connectivity index (χ4n) is 2.94. The van der Waals surface area contributed by atoms with Crippen molar-refractivity contribution in [2.45, 2.75) is 25.5 Å². The first kappa shape index (κ1) is 11.0. The Kier molecular flexibility index (Phi) is 2.99. The molecule has 0 spiro atoms. The van der Waals surface area contributed by atoms with Crippen LogP contribution < -0.4 is 10.2 Å². The van der Waals surface area contributed by atoms with E-state index in [0.29, 0.717) is 12.6 Å². The summed E-state index contributed by atoms with van der Waals surface area (Å²) in [4.78, 5) is 7.06. The molecule has 0 aliphatic carbocycles. The van der Waals surface area contributed by atoms with Crippen molar-refractivity contribution in [3.8, 4) is 0 Å². The normalized spacial score (nSPS) is 23.1. The van der Waals surface area contributed by atoms with Crippen LogP contribution in [0.2, 0.25) is 0 Å². The molecule has 17 heavy (non-hydrogen) atoms. The van der Waals surface area contributed by atoms with Crippen molar-refractivity contribution in [3.63, 3.8) is 0 Å². The Morgan fingerprint density at radius 3 is 3.41 bits per heavy atom. The first-order valence-electron chi connectivity index (χ1n) is 6.33. The van der Waals surface area contributed by atoms with Crippen LogP contribution in [0.15, 0.2) is 12.3 Å². The van der Waals surface area contributed by atoms with Gasteiger partial charge in [0.15, 0.2) is 0 Å². The highest BCUT2D eigenvalue weighted by molar-refractivity contribution is 5.54. The molecule has 0 saturated carbocycles. The predicted octanol–water partition coefficient (Wildman–Crippen LogP) is 0.952. The van der Waals surface area contributed by atoms with Gasteiger partial charge in [0.25, 0.3) is 0 Å². The van der Waals surface area contributed by atoms with Gasteiger partial charge in [0.2, 0.25) is 0 Å². The van der Waals surface area contributed by atoms with Crippen LogP contribution in [0.25, 0.3) is 0 Å². The van der Waals surface area contributed by atoms with E-state index in [2.05, 4.69) is 21.3 Å². The van der Waals surface area contributed by atoms with Gasteiger partial charge in [-0.1, -0.05) is 0 Å². The largest absolute Gasteiger partial charge is 0.380 e. The minimum Gasteiger partial charge on any atom is -0.380 e. The molecule has 3 heterocycles. The second-order valence-electron chi connectivity index (χ2n) is 4.80. The van der Waals surface area contributed by atoms with Gasteiger partial charge >= 0.3 is 0 Å². The molecule has 92 valence electrons. The maximum atomic E-state index is 5.27. The number of anilines is 1. The van der Waals surface area contributed by atoms with Crippen LogP contribution in [0.1, 0.15) is 17.5 Å². The first-order valence-corrected chi connectivity index (χ1v) is 6.33. The molecule has 4 nitrogen and oxygen atoms in total. The lowest BCUT2D eigenvalue weighted by molar-refractivity contribution is 0.184. The second-order valence-corrected chi connectivity index (χ2v) is 4.80. The Labute approximate surface area is 102 Å². The van der Waals surface area contributed by atoms with Gasteiger partial charge in [-0.15, -0.1) is 0 Å². The third-order valence-electron chi connectivity index (χ3n) is 3.78. The third-order valence-corrected chi connectivity index (χ3v) is 3.78. The van der Waals surface area contributed by atoms with Gasteiger partial charge in [0.05, 0.1) is 6.61 Å². The van der Waals surface area contributed by atoms with Gasteiger partial charge in [-0.2, -0.15) is 0 Å². The Balaban J connectivity index is 1.96. The summed E-state index contributed by atoms with van der Waals surface area (Å²) in [5.41, 5.74) is 2.70. The summed E-state index contributed by atoms with van der Waals surface area (Å²) in [6.45, 7) is 3.92. The van der Waals surface area contributed by atoms with E-state index in [0.717, 1.165) is 26.1 Å². The summed E-state index contributed by atoms with van der Waals surface area (Å²) >= 11 is 0. The molecule has 1 aromatic heterocycles. The quantitative estimate of drug-likeness (QED) is 0.825. The molecule has 3 rings (SSSR count). The van der Waals surface area contributed by atoms with E-state index in [4.69, 9.17) is 4.74 Å². The monoisotopic (exact) mass is 233 g/mol. The molecule has 0 amide bonds. The van der Waals surface area contributed by atoms with Crippen LogP contribution in [0.5, 0.6) is 0 Å². The molecule has 2 aliphatic rings. The zero-order chi connectivity index (χ0) is 11.7. The van der Waals surface area contributed by atoms with Crippen LogP contribution in [-0.4, -0.2) is 37.8 Å². The fraction of sp³-hybridized carbons (Fsp3) is 0.615. The third kappa shape index (κ3) is 1.91. The van der Waals surface area contributed by atoms with Crippen molar-refractivity contribution >= 4 is 5.82 Å². The van der Waals surface area contributed by atoms with E-state index >= 15 is 0 Å². The number of methoxy groups -OCH3 is 1. The molecule has 4 heteroatoms. The van der Waals surface area contributed by atoms with E-state index in [1.165, 1.54) is 23.4 Å². The molecule has 1 saturated heterocycles. The molecular formula is C13H19N3O. The Morgan fingerprint density at radius 1 is 1.59 bits per heavy atom. The van der Waals surface area contributed by atoms with Gasteiger partial charge in [0, 0.05) is 44.5 Å². The lowest BCUT2D eigenvalue weighted by Crippen LogP contribution is -2.53. The summed E-state index contributed by atoms with van der Waals surface area (Å²) in [6, 6.07) is 2.71. The van der Waals surface area contributed by atoms with Gasteiger partial charge in [-0.3, -0.25) is 0 Å². The van der Waals surface area contributed by atoms with Crippen LogP contribution in [-0.2, 0) is 17.8 Å². The van der Waals surface area contributed by atoms with Crippen LogP contribution >= 0.6 is 0 Å². The zero-order valence-electron chi connectivity index (χ0n) is 10.3. The smallest absolute Gasteiger partial charge is 0.132 e. The summed E-state index contributed by atoms with van der Waals surface area (Å²) in [6.07, 6.45) is 4.27. The van der Waals surface area contributed by atoms with Crippen LogP contribution in [0.4, 0.5) is 5.82 Å². The number of rotatable bonds is 2. The van der Waals surface area contributed by atoms with Gasteiger partial charge < -0.3 is 15.0 Å². The molecule has 0 radical (unpaired) electrons. The molecule has 1 N–H and O–H groups in total. The van der Waals surface area contributed by atoms with Gasteiger partial charge in [-0.25, -0.2) is 4.98 Å². The predicted molar refractivity (Wildman–Crippen MR) is 67.3 cm³/mol. The number of nitrogens with one attached hydrogen (secondary N) is 1. The number of hydrogen-bond donors (Lipinski definition) is 1. The molecule has 0 aromatic carbocycles. The number of ether oxygens (including phenoxy) is 1. The van der Waals surface area contributed by atoms with E-state index in [-0.39, 0.29) is 0 Å². The summed E-state index contributed by atoms with van der Waals surface area (Å²) in [5, 5.41) is 3.46. The molecule has 0 bridgehead atoms. The number of fused-ring (bicyclic) bond motifs is 3. The van der Waals surface area contributed by atoms with E-state index in [1.807, 2.05) is 6.20 Å². The molecular weight excluding hydrogens is 214 g/mol. The summed E-state index contributed by atoms with van der Waals surface area (Å²) < 4.78 is 5.27. The lowest BCUT2D eigenvalue weighted by atomic mass is 9.94. The number of hydrogen-bond acceptors (Lipinski definition) is 4. The highest BCUT2D eigenvalue weighted by Crippen LogP contribution is 2.31. The molecule has 1 unspecified atom stereocenters. The van der Waals surface area contributed by atoms with E-state index < -0.39 is 0 Å².